The number of anilines is 1. The van der Waals surface area contributed by atoms with Crippen molar-refractivity contribution < 1.29 is 23.4 Å². The predicted molar refractivity (Wildman–Crippen MR) is 82.4 cm³/mol. The van der Waals surface area contributed by atoms with Gasteiger partial charge in [-0.15, -0.1) is 0 Å². The van der Waals surface area contributed by atoms with Crippen molar-refractivity contribution in [3.8, 4) is 5.75 Å². The zero-order valence-electron chi connectivity index (χ0n) is 12.6. The molecular weight excluding hydrogens is 304 g/mol. The predicted octanol–water partition coefficient (Wildman–Crippen LogP) is 3.08. The first-order valence-corrected chi connectivity index (χ1v) is 7.11. The number of benzene rings is 2. The van der Waals surface area contributed by atoms with E-state index in [1.54, 1.807) is 24.3 Å². The van der Waals surface area contributed by atoms with Crippen LogP contribution in [0.5, 0.6) is 5.75 Å². The Morgan fingerprint density at radius 1 is 1.17 bits per heavy atom. The highest BCUT2D eigenvalue weighted by Gasteiger charge is 2.22. The molecule has 1 atom stereocenters. The highest BCUT2D eigenvalue weighted by Crippen LogP contribution is 2.24. The first-order valence-electron chi connectivity index (χ1n) is 7.11. The average molecular weight is 321 g/mol. The molecule has 0 aromatic heterocycles. The molecule has 2 N–H and O–H groups in total. The van der Waals surface area contributed by atoms with Gasteiger partial charge in [0.2, 0.25) is 5.91 Å². The number of hydrogen-bond acceptors (Lipinski definition) is 3. The fourth-order valence-corrected chi connectivity index (χ4v) is 2.10. The van der Waals surface area contributed by atoms with Crippen molar-refractivity contribution in [3.05, 3.63) is 59.7 Å². The van der Waals surface area contributed by atoms with E-state index < -0.39 is 23.5 Å². The lowest BCUT2D eigenvalue weighted by molar-refractivity contribution is -0.117. The molecule has 0 aliphatic rings. The number of aliphatic hydroxyl groups excluding tert-OH is 1. The molecule has 0 bridgehead atoms. The topological polar surface area (TPSA) is 58.6 Å². The maximum atomic E-state index is 13.7. The molecule has 4 nitrogen and oxygen atoms in total. The summed E-state index contributed by atoms with van der Waals surface area (Å²) >= 11 is 0. The summed E-state index contributed by atoms with van der Waals surface area (Å²) < 4.78 is 32.6. The first-order chi connectivity index (χ1) is 11.0. The van der Waals surface area contributed by atoms with Gasteiger partial charge in [-0.05, 0) is 43.3 Å². The minimum Gasteiger partial charge on any atom is -0.491 e. The molecule has 6 heteroatoms. The van der Waals surface area contributed by atoms with Gasteiger partial charge < -0.3 is 15.2 Å². The third-order valence-electron chi connectivity index (χ3n) is 3.31. The highest BCUT2D eigenvalue weighted by atomic mass is 19.1. The van der Waals surface area contributed by atoms with Gasteiger partial charge in [0.05, 0.1) is 12.5 Å². The number of amides is 1. The summed E-state index contributed by atoms with van der Waals surface area (Å²) in [4.78, 5) is 12.2. The Balaban J connectivity index is 2.06. The molecule has 23 heavy (non-hydrogen) atoms. The minimum absolute atomic E-state index is 0.0930. The van der Waals surface area contributed by atoms with Gasteiger partial charge in [-0.2, -0.15) is 0 Å². The quantitative estimate of drug-likeness (QED) is 0.859. The van der Waals surface area contributed by atoms with E-state index in [1.165, 1.54) is 13.0 Å². The summed E-state index contributed by atoms with van der Waals surface area (Å²) in [7, 11) is 0. The van der Waals surface area contributed by atoms with E-state index in [0.717, 1.165) is 12.1 Å². The largest absolute Gasteiger partial charge is 0.491 e. The van der Waals surface area contributed by atoms with Gasteiger partial charge in [0, 0.05) is 11.3 Å². The maximum absolute atomic E-state index is 13.7. The molecule has 2 aromatic carbocycles. The van der Waals surface area contributed by atoms with Crippen molar-refractivity contribution in [2.75, 3.05) is 18.5 Å². The number of halogens is 2. The summed E-state index contributed by atoms with van der Waals surface area (Å²) in [6.45, 7) is 1.52. The Bertz CT molecular complexity index is 654. The molecule has 0 spiro atoms. The number of carbonyl (C=O) groups excluding carboxylic acids is 1. The average Bonchev–Trinajstić information content (AvgIpc) is 2.54. The Morgan fingerprint density at radius 2 is 1.78 bits per heavy atom. The third kappa shape index (κ3) is 4.26. The molecule has 0 fully saturated rings. The smallest absolute Gasteiger partial charge is 0.231 e. The van der Waals surface area contributed by atoms with E-state index in [4.69, 9.17) is 9.84 Å². The molecule has 0 saturated heterocycles. The van der Waals surface area contributed by atoms with Crippen molar-refractivity contribution in [1.82, 2.24) is 0 Å². The second kappa shape index (κ2) is 7.69. The standard InChI is InChI=1S/C17H17F2NO3/c1-11(16-14(18)3-2-4-15(16)19)17(22)20-12-5-7-13(8-6-12)23-10-9-21/h2-8,11,21H,9-10H2,1H3,(H,20,22). The zero-order chi connectivity index (χ0) is 16.8. The molecule has 122 valence electrons. The fourth-order valence-electron chi connectivity index (χ4n) is 2.10. The van der Waals surface area contributed by atoms with Crippen LogP contribution in [0.1, 0.15) is 18.4 Å². The van der Waals surface area contributed by atoms with E-state index in [9.17, 15) is 13.6 Å². The second-order valence-electron chi connectivity index (χ2n) is 4.94. The monoisotopic (exact) mass is 321 g/mol. The normalized spacial score (nSPS) is 11.8. The first kappa shape index (κ1) is 16.9. The van der Waals surface area contributed by atoms with E-state index in [-0.39, 0.29) is 18.8 Å². The lowest BCUT2D eigenvalue weighted by Crippen LogP contribution is -2.20. The van der Waals surface area contributed by atoms with E-state index in [1.807, 2.05) is 0 Å². The SMILES string of the molecule is CC(C(=O)Nc1ccc(OCCO)cc1)c1c(F)cccc1F. The molecular formula is C17H17F2NO3. The van der Waals surface area contributed by atoms with Crippen molar-refractivity contribution in [3.63, 3.8) is 0 Å². The number of carbonyl (C=O) groups is 1. The van der Waals surface area contributed by atoms with Gasteiger partial charge in [-0.25, -0.2) is 8.78 Å². The molecule has 2 aromatic rings. The molecule has 2 rings (SSSR count). The molecule has 0 heterocycles. The maximum Gasteiger partial charge on any atom is 0.231 e. The van der Waals surface area contributed by atoms with Gasteiger partial charge in [-0.3, -0.25) is 4.79 Å². The molecule has 0 radical (unpaired) electrons. The van der Waals surface area contributed by atoms with Gasteiger partial charge in [0.15, 0.2) is 0 Å². The molecule has 1 unspecified atom stereocenters. The minimum atomic E-state index is -0.971. The summed E-state index contributed by atoms with van der Waals surface area (Å²) in [5.74, 6) is -2.44. The van der Waals surface area contributed by atoms with Crippen LogP contribution in [-0.4, -0.2) is 24.2 Å². The number of nitrogens with one attached hydrogen (secondary N) is 1. The summed E-state index contributed by atoms with van der Waals surface area (Å²) in [6, 6.07) is 9.96. The number of ether oxygens (including phenoxy) is 1. The van der Waals surface area contributed by atoms with Crippen LogP contribution in [-0.2, 0) is 4.79 Å². The van der Waals surface area contributed by atoms with Crippen molar-refractivity contribution in [2.24, 2.45) is 0 Å². The van der Waals surface area contributed by atoms with Gasteiger partial charge in [-0.1, -0.05) is 6.07 Å². The third-order valence-corrected chi connectivity index (χ3v) is 3.31. The van der Waals surface area contributed by atoms with E-state index in [0.29, 0.717) is 11.4 Å². The Labute approximate surface area is 132 Å². The van der Waals surface area contributed by atoms with Crippen LogP contribution < -0.4 is 10.1 Å². The zero-order valence-corrected chi connectivity index (χ0v) is 12.6. The van der Waals surface area contributed by atoms with Crippen LogP contribution in [0, 0.1) is 11.6 Å². The second-order valence-corrected chi connectivity index (χ2v) is 4.94. The van der Waals surface area contributed by atoms with E-state index >= 15 is 0 Å². The fraction of sp³-hybridized carbons (Fsp3) is 0.235. The Morgan fingerprint density at radius 3 is 2.35 bits per heavy atom. The lowest BCUT2D eigenvalue weighted by atomic mass is 9.99. The molecule has 0 saturated carbocycles. The molecule has 0 aliphatic carbocycles. The Kier molecular flexibility index (Phi) is 5.65. The van der Waals surface area contributed by atoms with Crippen LogP contribution in [0.2, 0.25) is 0 Å². The Hall–Kier alpha value is -2.47. The van der Waals surface area contributed by atoms with Crippen LogP contribution >= 0.6 is 0 Å². The summed E-state index contributed by atoms with van der Waals surface area (Å²) in [5, 5.41) is 11.3. The van der Waals surface area contributed by atoms with Crippen LogP contribution in [0.3, 0.4) is 0 Å². The highest BCUT2D eigenvalue weighted by molar-refractivity contribution is 5.95. The lowest BCUT2D eigenvalue weighted by Gasteiger charge is -2.14. The van der Waals surface area contributed by atoms with Crippen LogP contribution in [0.25, 0.3) is 0 Å². The van der Waals surface area contributed by atoms with Crippen molar-refractivity contribution in [2.45, 2.75) is 12.8 Å². The number of aliphatic hydroxyl groups is 1. The van der Waals surface area contributed by atoms with Crippen LogP contribution in [0.15, 0.2) is 42.5 Å². The van der Waals surface area contributed by atoms with Crippen molar-refractivity contribution in [1.29, 1.82) is 0 Å². The van der Waals surface area contributed by atoms with Gasteiger partial charge in [0.25, 0.3) is 0 Å². The van der Waals surface area contributed by atoms with Gasteiger partial charge in [0.1, 0.15) is 24.0 Å². The van der Waals surface area contributed by atoms with Gasteiger partial charge >= 0.3 is 0 Å². The number of hydrogen-bond donors (Lipinski definition) is 2. The number of rotatable bonds is 6. The molecule has 1 amide bonds. The molecule has 0 aliphatic heterocycles. The van der Waals surface area contributed by atoms with E-state index in [2.05, 4.69) is 5.32 Å². The van der Waals surface area contributed by atoms with Crippen LogP contribution in [0.4, 0.5) is 14.5 Å². The summed E-state index contributed by atoms with van der Waals surface area (Å²) in [6.07, 6.45) is 0. The summed E-state index contributed by atoms with van der Waals surface area (Å²) in [5.41, 5.74) is 0.225. The van der Waals surface area contributed by atoms with Crippen molar-refractivity contribution >= 4 is 11.6 Å².